The average Bonchev–Trinajstić information content (AvgIpc) is 3.04. The summed E-state index contributed by atoms with van der Waals surface area (Å²) in [5.74, 6) is 3.25. The van der Waals surface area contributed by atoms with Gasteiger partial charge in [-0.05, 0) is 31.3 Å². The second kappa shape index (κ2) is 5.13. The highest BCUT2D eigenvalue weighted by molar-refractivity contribution is 7.98. The molecular formula is C12H21N3S. The zero-order valence-electron chi connectivity index (χ0n) is 10.2. The van der Waals surface area contributed by atoms with Crippen molar-refractivity contribution in [3.63, 3.8) is 0 Å². The highest BCUT2D eigenvalue weighted by Crippen LogP contribution is 2.39. The van der Waals surface area contributed by atoms with Crippen LogP contribution >= 0.6 is 11.8 Å². The van der Waals surface area contributed by atoms with Gasteiger partial charge in [0.25, 0.3) is 0 Å². The molecule has 0 aliphatic heterocycles. The van der Waals surface area contributed by atoms with Crippen molar-refractivity contribution in [2.45, 2.75) is 45.1 Å². The van der Waals surface area contributed by atoms with Gasteiger partial charge in [-0.1, -0.05) is 6.92 Å². The number of imidazole rings is 1. The van der Waals surface area contributed by atoms with Crippen LogP contribution in [-0.2, 0) is 12.8 Å². The van der Waals surface area contributed by atoms with Crippen LogP contribution in [0.3, 0.4) is 0 Å². The Bertz CT molecular complexity index is 355. The third kappa shape index (κ3) is 2.37. The maximum Gasteiger partial charge on any atom is 0.127 e. The zero-order chi connectivity index (χ0) is 11.5. The molecule has 0 amide bonds. The van der Waals surface area contributed by atoms with Gasteiger partial charge in [0.2, 0.25) is 0 Å². The number of aromatic nitrogens is 2. The summed E-state index contributed by atoms with van der Waals surface area (Å²) in [5, 5.41) is 0. The number of hydrogen-bond acceptors (Lipinski definition) is 3. The molecule has 0 atom stereocenters. The summed E-state index contributed by atoms with van der Waals surface area (Å²) in [7, 11) is 0. The minimum absolute atomic E-state index is 0.650. The second-order valence-electron chi connectivity index (χ2n) is 4.45. The van der Waals surface area contributed by atoms with Crippen LogP contribution in [0.15, 0.2) is 0 Å². The monoisotopic (exact) mass is 239 g/mol. The standard InChI is InChI=1S/C12H21N3S/c1-3-4-11-14-10(7-8-16-2)12(13)15(11)9-5-6-9/h9H,3-8,13H2,1-2H3. The molecule has 0 aromatic carbocycles. The number of anilines is 1. The van der Waals surface area contributed by atoms with E-state index >= 15 is 0 Å². The zero-order valence-corrected chi connectivity index (χ0v) is 11.0. The van der Waals surface area contributed by atoms with Crippen LogP contribution in [0, 0.1) is 0 Å². The molecule has 90 valence electrons. The fourth-order valence-electron chi connectivity index (χ4n) is 2.07. The van der Waals surface area contributed by atoms with Gasteiger partial charge in [-0.25, -0.2) is 4.98 Å². The van der Waals surface area contributed by atoms with Crippen molar-refractivity contribution >= 4 is 17.6 Å². The molecular weight excluding hydrogens is 218 g/mol. The van der Waals surface area contributed by atoms with Crippen LogP contribution in [-0.4, -0.2) is 21.6 Å². The Morgan fingerprint density at radius 3 is 2.75 bits per heavy atom. The third-order valence-electron chi connectivity index (χ3n) is 3.03. The highest BCUT2D eigenvalue weighted by atomic mass is 32.2. The number of aryl methyl sites for hydroxylation is 2. The molecule has 1 aromatic rings. The first kappa shape index (κ1) is 11.8. The number of rotatable bonds is 6. The smallest absolute Gasteiger partial charge is 0.127 e. The third-order valence-corrected chi connectivity index (χ3v) is 3.64. The van der Waals surface area contributed by atoms with Crippen LogP contribution in [0.5, 0.6) is 0 Å². The predicted octanol–water partition coefficient (Wildman–Crippen LogP) is 2.66. The molecule has 4 heteroatoms. The molecule has 1 aromatic heterocycles. The Balaban J connectivity index is 2.21. The van der Waals surface area contributed by atoms with Gasteiger partial charge >= 0.3 is 0 Å². The fourth-order valence-corrected chi connectivity index (χ4v) is 2.47. The number of nitrogen functional groups attached to an aromatic ring is 1. The molecule has 0 spiro atoms. The van der Waals surface area contributed by atoms with Crippen LogP contribution in [0.2, 0.25) is 0 Å². The normalized spacial score (nSPS) is 15.6. The van der Waals surface area contributed by atoms with Crippen LogP contribution in [0.4, 0.5) is 5.82 Å². The van der Waals surface area contributed by atoms with Gasteiger partial charge in [0, 0.05) is 18.9 Å². The number of nitrogens with two attached hydrogens (primary N) is 1. The van der Waals surface area contributed by atoms with Crippen LogP contribution < -0.4 is 5.73 Å². The first-order chi connectivity index (χ1) is 7.77. The molecule has 0 unspecified atom stereocenters. The van der Waals surface area contributed by atoms with E-state index in [0.717, 1.165) is 36.5 Å². The Labute approximate surface area is 102 Å². The Morgan fingerprint density at radius 2 is 2.19 bits per heavy atom. The van der Waals surface area contributed by atoms with E-state index in [1.165, 1.54) is 18.7 Å². The minimum atomic E-state index is 0.650. The van der Waals surface area contributed by atoms with E-state index in [2.05, 4.69) is 17.7 Å². The summed E-state index contributed by atoms with van der Waals surface area (Å²) >= 11 is 1.85. The predicted molar refractivity (Wildman–Crippen MR) is 71.0 cm³/mol. The van der Waals surface area contributed by atoms with Gasteiger partial charge < -0.3 is 10.3 Å². The van der Waals surface area contributed by atoms with Crippen molar-refractivity contribution in [2.24, 2.45) is 0 Å². The molecule has 2 N–H and O–H groups in total. The van der Waals surface area contributed by atoms with Crippen molar-refractivity contribution < 1.29 is 0 Å². The SMILES string of the molecule is CCCc1nc(CCSC)c(N)n1C1CC1. The lowest BCUT2D eigenvalue weighted by Gasteiger charge is -2.07. The van der Waals surface area contributed by atoms with Crippen LogP contribution in [0.25, 0.3) is 0 Å². The van der Waals surface area contributed by atoms with Crippen molar-refractivity contribution in [1.29, 1.82) is 0 Å². The van der Waals surface area contributed by atoms with E-state index in [9.17, 15) is 0 Å². The lowest BCUT2D eigenvalue weighted by Crippen LogP contribution is -2.05. The van der Waals surface area contributed by atoms with E-state index < -0.39 is 0 Å². The van der Waals surface area contributed by atoms with E-state index in [-0.39, 0.29) is 0 Å². The summed E-state index contributed by atoms with van der Waals surface area (Å²) < 4.78 is 2.29. The Kier molecular flexibility index (Phi) is 3.79. The molecule has 0 saturated heterocycles. The molecule has 1 heterocycles. The molecule has 3 nitrogen and oxygen atoms in total. The van der Waals surface area contributed by atoms with Gasteiger partial charge in [-0.3, -0.25) is 0 Å². The Morgan fingerprint density at radius 1 is 1.44 bits per heavy atom. The molecule has 1 saturated carbocycles. The van der Waals surface area contributed by atoms with Crippen molar-refractivity contribution in [2.75, 3.05) is 17.7 Å². The van der Waals surface area contributed by atoms with E-state index in [1.807, 2.05) is 11.8 Å². The van der Waals surface area contributed by atoms with Gasteiger partial charge in [-0.15, -0.1) is 0 Å². The summed E-state index contributed by atoms with van der Waals surface area (Å²) in [5.41, 5.74) is 7.32. The van der Waals surface area contributed by atoms with Crippen molar-refractivity contribution in [3.8, 4) is 0 Å². The topological polar surface area (TPSA) is 43.8 Å². The summed E-state index contributed by atoms with van der Waals surface area (Å²) in [6.07, 6.45) is 7.88. The van der Waals surface area contributed by atoms with Crippen molar-refractivity contribution in [3.05, 3.63) is 11.5 Å². The van der Waals surface area contributed by atoms with E-state index in [1.54, 1.807) is 0 Å². The number of nitrogens with zero attached hydrogens (tertiary/aromatic N) is 2. The average molecular weight is 239 g/mol. The molecule has 1 fully saturated rings. The van der Waals surface area contributed by atoms with Crippen molar-refractivity contribution in [1.82, 2.24) is 9.55 Å². The molecule has 0 bridgehead atoms. The summed E-state index contributed by atoms with van der Waals surface area (Å²) in [6.45, 7) is 2.20. The quantitative estimate of drug-likeness (QED) is 0.830. The largest absolute Gasteiger partial charge is 0.384 e. The molecule has 16 heavy (non-hydrogen) atoms. The molecule has 0 radical (unpaired) electrons. The Hall–Kier alpha value is -0.640. The van der Waals surface area contributed by atoms with Gasteiger partial charge in [0.1, 0.15) is 11.6 Å². The van der Waals surface area contributed by atoms with Gasteiger partial charge in [-0.2, -0.15) is 11.8 Å². The minimum Gasteiger partial charge on any atom is -0.384 e. The van der Waals surface area contributed by atoms with Crippen LogP contribution in [0.1, 0.15) is 43.7 Å². The summed E-state index contributed by atoms with van der Waals surface area (Å²) in [6, 6.07) is 0.650. The number of hydrogen-bond donors (Lipinski definition) is 1. The molecule has 1 aliphatic rings. The lowest BCUT2D eigenvalue weighted by atomic mass is 10.3. The van der Waals surface area contributed by atoms with Gasteiger partial charge in [0.05, 0.1) is 5.69 Å². The maximum atomic E-state index is 6.21. The number of thioether (sulfide) groups is 1. The van der Waals surface area contributed by atoms with E-state index in [0.29, 0.717) is 6.04 Å². The lowest BCUT2D eigenvalue weighted by molar-refractivity contribution is 0.676. The highest BCUT2D eigenvalue weighted by Gasteiger charge is 2.29. The molecule has 2 rings (SSSR count). The maximum absolute atomic E-state index is 6.21. The molecule has 1 aliphatic carbocycles. The first-order valence-corrected chi connectivity index (χ1v) is 7.51. The van der Waals surface area contributed by atoms with E-state index in [4.69, 9.17) is 10.7 Å². The summed E-state index contributed by atoms with van der Waals surface area (Å²) in [4.78, 5) is 4.72. The second-order valence-corrected chi connectivity index (χ2v) is 5.44. The first-order valence-electron chi connectivity index (χ1n) is 6.12. The fraction of sp³-hybridized carbons (Fsp3) is 0.750. The van der Waals surface area contributed by atoms with Gasteiger partial charge in [0.15, 0.2) is 0 Å².